The summed E-state index contributed by atoms with van der Waals surface area (Å²) in [6.45, 7) is 3.92. The van der Waals surface area contributed by atoms with Crippen LogP contribution < -0.4 is 0 Å². The molecule has 0 aromatic heterocycles. The van der Waals surface area contributed by atoms with Gasteiger partial charge in [0.25, 0.3) is 0 Å². The monoisotopic (exact) mass is 224 g/mol. The minimum Gasteiger partial charge on any atom is -0.341 e. The third-order valence-corrected chi connectivity index (χ3v) is 3.48. The Balaban J connectivity index is 1.76. The van der Waals surface area contributed by atoms with Crippen LogP contribution in [0.4, 0.5) is 0 Å². The number of hydrogen-bond donors (Lipinski definition) is 0. The number of rotatable bonds is 2. The van der Waals surface area contributed by atoms with Gasteiger partial charge in [-0.3, -0.25) is 14.5 Å². The molecule has 2 heterocycles. The average Bonchev–Trinajstić information content (AvgIpc) is 2.31. The minimum atomic E-state index is 0.203. The normalized spacial score (nSPS) is 23.5. The van der Waals surface area contributed by atoms with E-state index >= 15 is 0 Å². The summed E-state index contributed by atoms with van der Waals surface area (Å²) < 4.78 is 0. The van der Waals surface area contributed by atoms with Gasteiger partial charge in [-0.05, 0) is 25.9 Å². The van der Waals surface area contributed by atoms with Crippen molar-refractivity contribution in [3.63, 3.8) is 0 Å². The molecule has 0 atom stereocenters. The van der Waals surface area contributed by atoms with Gasteiger partial charge in [-0.2, -0.15) is 0 Å². The molecule has 16 heavy (non-hydrogen) atoms. The smallest absolute Gasteiger partial charge is 0.236 e. The molecule has 0 radical (unpaired) electrons. The van der Waals surface area contributed by atoms with E-state index < -0.39 is 0 Å². The molecule has 2 fully saturated rings. The summed E-state index contributed by atoms with van der Waals surface area (Å²) in [5.74, 6) is 0.497. The van der Waals surface area contributed by atoms with Crippen molar-refractivity contribution in [1.82, 2.24) is 9.80 Å². The molecule has 0 spiro atoms. The lowest BCUT2D eigenvalue weighted by Crippen LogP contribution is -2.45. The number of Topliss-reactive ketones (excluding diaryl/α,β-unsaturated/α-hetero) is 1. The summed E-state index contributed by atoms with van der Waals surface area (Å²) in [7, 11) is 0. The van der Waals surface area contributed by atoms with Crippen LogP contribution in [0.1, 0.15) is 32.1 Å². The highest BCUT2D eigenvalue weighted by atomic mass is 16.2. The molecule has 4 heteroatoms. The first-order valence-electron chi connectivity index (χ1n) is 6.27. The van der Waals surface area contributed by atoms with E-state index in [1.807, 2.05) is 4.90 Å². The van der Waals surface area contributed by atoms with E-state index in [4.69, 9.17) is 0 Å². The average molecular weight is 224 g/mol. The number of amides is 1. The zero-order valence-electron chi connectivity index (χ0n) is 9.78. The van der Waals surface area contributed by atoms with Crippen LogP contribution in [0.15, 0.2) is 0 Å². The fourth-order valence-corrected chi connectivity index (χ4v) is 2.41. The second-order valence-corrected chi connectivity index (χ2v) is 4.76. The van der Waals surface area contributed by atoms with E-state index in [-0.39, 0.29) is 5.91 Å². The maximum Gasteiger partial charge on any atom is 0.236 e. The molecule has 0 saturated carbocycles. The molecule has 0 aromatic carbocycles. The van der Waals surface area contributed by atoms with Gasteiger partial charge < -0.3 is 4.90 Å². The summed E-state index contributed by atoms with van der Waals surface area (Å²) in [5.41, 5.74) is 0. The fraction of sp³-hybridized carbons (Fsp3) is 0.833. The Labute approximate surface area is 96.6 Å². The molecule has 2 aliphatic heterocycles. The maximum atomic E-state index is 11.9. The molecule has 2 saturated heterocycles. The molecule has 0 aliphatic carbocycles. The van der Waals surface area contributed by atoms with E-state index in [1.165, 1.54) is 19.3 Å². The molecule has 4 nitrogen and oxygen atoms in total. The number of likely N-dealkylation sites (tertiary alicyclic amines) is 2. The van der Waals surface area contributed by atoms with Crippen LogP contribution in [0.2, 0.25) is 0 Å². The second-order valence-electron chi connectivity index (χ2n) is 4.76. The molecule has 0 bridgehead atoms. The van der Waals surface area contributed by atoms with Crippen LogP contribution in [-0.4, -0.2) is 54.2 Å². The zero-order valence-corrected chi connectivity index (χ0v) is 9.78. The van der Waals surface area contributed by atoms with Gasteiger partial charge in [0.1, 0.15) is 5.78 Å². The van der Waals surface area contributed by atoms with E-state index in [0.717, 1.165) is 13.1 Å². The summed E-state index contributed by atoms with van der Waals surface area (Å²) in [5, 5.41) is 0. The second kappa shape index (κ2) is 5.43. The van der Waals surface area contributed by atoms with Crippen molar-refractivity contribution < 1.29 is 9.59 Å². The highest BCUT2D eigenvalue weighted by Gasteiger charge is 2.22. The van der Waals surface area contributed by atoms with Crippen molar-refractivity contribution in [1.29, 1.82) is 0 Å². The molecule has 0 unspecified atom stereocenters. The third-order valence-electron chi connectivity index (χ3n) is 3.48. The van der Waals surface area contributed by atoms with Gasteiger partial charge in [0.2, 0.25) is 5.91 Å². The standard InChI is InChI=1S/C12H20N2O2/c15-11-4-8-14(9-5-11)12(16)10-13-6-2-1-3-7-13/h1-10H2. The Bertz CT molecular complexity index is 262. The van der Waals surface area contributed by atoms with E-state index in [9.17, 15) is 9.59 Å². The summed E-state index contributed by atoms with van der Waals surface area (Å²) in [6.07, 6.45) is 4.82. The SMILES string of the molecule is O=C1CCN(C(=O)CN2CCCCC2)CC1. The Morgan fingerprint density at radius 2 is 1.62 bits per heavy atom. The lowest BCUT2D eigenvalue weighted by atomic mass is 10.1. The molecule has 2 aliphatic rings. The molecule has 0 N–H and O–H groups in total. The summed E-state index contributed by atoms with van der Waals surface area (Å²) in [6, 6.07) is 0. The largest absolute Gasteiger partial charge is 0.341 e. The van der Waals surface area contributed by atoms with Crippen LogP contribution in [0.25, 0.3) is 0 Å². The number of piperidine rings is 2. The van der Waals surface area contributed by atoms with Crippen molar-refractivity contribution in [2.45, 2.75) is 32.1 Å². The highest BCUT2D eigenvalue weighted by Crippen LogP contribution is 2.10. The zero-order chi connectivity index (χ0) is 11.4. The lowest BCUT2D eigenvalue weighted by molar-refractivity contribution is -0.135. The molecule has 90 valence electrons. The van der Waals surface area contributed by atoms with Crippen LogP contribution in [-0.2, 0) is 9.59 Å². The van der Waals surface area contributed by atoms with Crippen molar-refractivity contribution in [3.8, 4) is 0 Å². The van der Waals surface area contributed by atoms with Crippen LogP contribution in [0, 0.1) is 0 Å². The lowest BCUT2D eigenvalue weighted by Gasteiger charge is -2.31. The van der Waals surface area contributed by atoms with Crippen LogP contribution in [0.3, 0.4) is 0 Å². The third kappa shape index (κ3) is 3.04. The van der Waals surface area contributed by atoms with Crippen LogP contribution in [0.5, 0.6) is 0 Å². The fourth-order valence-electron chi connectivity index (χ4n) is 2.41. The Kier molecular flexibility index (Phi) is 3.93. The molecule has 2 rings (SSSR count). The quantitative estimate of drug-likeness (QED) is 0.692. The van der Waals surface area contributed by atoms with Crippen molar-refractivity contribution in [2.75, 3.05) is 32.7 Å². The van der Waals surface area contributed by atoms with Crippen molar-refractivity contribution in [2.24, 2.45) is 0 Å². The van der Waals surface area contributed by atoms with Gasteiger partial charge in [0.15, 0.2) is 0 Å². The van der Waals surface area contributed by atoms with Gasteiger partial charge in [0.05, 0.1) is 6.54 Å². The number of ketones is 1. The highest BCUT2D eigenvalue weighted by molar-refractivity contribution is 5.84. The molecular weight excluding hydrogens is 204 g/mol. The maximum absolute atomic E-state index is 11.9. The minimum absolute atomic E-state index is 0.203. The van der Waals surface area contributed by atoms with Crippen molar-refractivity contribution in [3.05, 3.63) is 0 Å². The Hall–Kier alpha value is -0.900. The first-order valence-corrected chi connectivity index (χ1v) is 6.27. The van der Waals surface area contributed by atoms with Gasteiger partial charge >= 0.3 is 0 Å². The first kappa shape index (κ1) is 11.6. The predicted molar refractivity (Wildman–Crippen MR) is 61.1 cm³/mol. The Morgan fingerprint density at radius 3 is 2.25 bits per heavy atom. The molecular formula is C12H20N2O2. The number of carbonyl (C=O) groups excluding carboxylic acids is 2. The van der Waals surface area contributed by atoms with E-state index in [0.29, 0.717) is 38.3 Å². The molecule has 0 aromatic rings. The van der Waals surface area contributed by atoms with Gasteiger partial charge in [-0.25, -0.2) is 0 Å². The number of hydrogen-bond acceptors (Lipinski definition) is 3. The first-order chi connectivity index (χ1) is 7.75. The summed E-state index contributed by atoms with van der Waals surface area (Å²) in [4.78, 5) is 27.1. The van der Waals surface area contributed by atoms with Gasteiger partial charge in [0, 0.05) is 25.9 Å². The van der Waals surface area contributed by atoms with E-state index in [1.54, 1.807) is 0 Å². The van der Waals surface area contributed by atoms with Gasteiger partial charge in [-0.15, -0.1) is 0 Å². The van der Waals surface area contributed by atoms with Crippen LogP contribution >= 0.6 is 0 Å². The van der Waals surface area contributed by atoms with Gasteiger partial charge in [-0.1, -0.05) is 6.42 Å². The number of nitrogens with zero attached hydrogens (tertiary/aromatic N) is 2. The topological polar surface area (TPSA) is 40.6 Å². The summed E-state index contributed by atoms with van der Waals surface area (Å²) >= 11 is 0. The molecule has 1 amide bonds. The van der Waals surface area contributed by atoms with E-state index in [2.05, 4.69) is 4.90 Å². The predicted octanol–water partition coefficient (Wildman–Crippen LogP) is 0.664. The Morgan fingerprint density at radius 1 is 1.00 bits per heavy atom. The van der Waals surface area contributed by atoms with Crippen molar-refractivity contribution >= 4 is 11.7 Å². The number of carbonyl (C=O) groups is 2.